The second-order valence-electron chi connectivity index (χ2n) is 4.75. The Bertz CT molecular complexity index is 156. The first-order valence-corrected chi connectivity index (χ1v) is 6.23. The molecule has 0 aromatic rings. The van der Waals surface area contributed by atoms with E-state index in [0.717, 1.165) is 19.7 Å². The fourth-order valence-electron chi connectivity index (χ4n) is 1.90. The first kappa shape index (κ1) is 12.9. The molecular formula is C12H26N2O. The van der Waals surface area contributed by atoms with Crippen molar-refractivity contribution in [1.29, 1.82) is 0 Å². The molecule has 0 bridgehead atoms. The van der Waals surface area contributed by atoms with Gasteiger partial charge in [-0.25, -0.2) is 0 Å². The number of piperidine rings is 1. The minimum atomic E-state index is 0.505. The summed E-state index contributed by atoms with van der Waals surface area (Å²) < 4.78 is 5.92. The van der Waals surface area contributed by atoms with Gasteiger partial charge in [-0.15, -0.1) is 0 Å². The number of likely N-dealkylation sites (tertiary alicyclic amines) is 1. The van der Waals surface area contributed by atoms with Gasteiger partial charge in [0.2, 0.25) is 0 Å². The lowest BCUT2D eigenvalue weighted by molar-refractivity contribution is -0.00235. The number of ether oxygens (including phenoxy) is 1. The second-order valence-corrected chi connectivity index (χ2v) is 4.75. The molecule has 1 aliphatic rings. The van der Waals surface area contributed by atoms with E-state index in [-0.39, 0.29) is 0 Å². The third-order valence-electron chi connectivity index (χ3n) is 3.02. The van der Waals surface area contributed by atoms with Gasteiger partial charge in [0, 0.05) is 13.1 Å². The van der Waals surface area contributed by atoms with Crippen molar-refractivity contribution in [1.82, 2.24) is 10.2 Å². The first-order valence-electron chi connectivity index (χ1n) is 6.23. The summed E-state index contributed by atoms with van der Waals surface area (Å²) in [5.74, 6) is 0.629. The molecule has 0 radical (unpaired) electrons. The summed E-state index contributed by atoms with van der Waals surface area (Å²) in [6.45, 7) is 9.80. The van der Waals surface area contributed by atoms with Crippen LogP contribution in [0.2, 0.25) is 0 Å². The molecule has 1 fully saturated rings. The predicted octanol–water partition coefficient (Wildman–Crippen LogP) is 1.34. The molecule has 1 aliphatic heterocycles. The average molecular weight is 214 g/mol. The molecule has 1 saturated heterocycles. The summed E-state index contributed by atoms with van der Waals surface area (Å²) in [7, 11) is 2.18. The average Bonchev–Trinajstić information content (AvgIpc) is 2.25. The number of hydrogen-bond acceptors (Lipinski definition) is 3. The Kier molecular flexibility index (Phi) is 6.22. The number of hydrogen-bond donors (Lipinski definition) is 1. The van der Waals surface area contributed by atoms with E-state index < -0.39 is 0 Å². The molecule has 1 heterocycles. The first-order chi connectivity index (χ1) is 7.22. The summed E-state index contributed by atoms with van der Waals surface area (Å²) >= 11 is 0. The quantitative estimate of drug-likeness (QED) is 0.722. The van der Waals surface area contributed by atoms with Gasteiger partial charge in [-0.3, -0.25) is 0 Å². The van der Waals surface area contributed by atoms with Crippen molar-refractivity contribution in [3.05, 3.63) is 0 Å². The lowest BCUT2D eigenvalue weighted by atomic mass is 10.1. The number of nitrogens with one attached hydrogen (secondary N) is 1. The number of rotatable bonds is 6. The molecular weight excluding hydrogens is 188 g/mol. The highest BCUT2D eigenvalue weighted by molar-refractivity contribution is 4.70. The smallest absolute Gasteiger partial charge is 0.0599 e. The van der Waals surface area contributed by atoms with Crippen LogP contribution in [0.1, 0.15) is 26.7 Å². The zero-order valence-electron chi connectivity index (χ0n) is 10.5. The molecule has 1 rings (SSSR count). The van der Waals surface area contributed by atoms with Gasteiger partial charge in [0.05, 0.1) is 12.7 Å². The van der Waals surface area contributed by atoms with E-state index in [2.05, 4.69) is 31.1 Å². The zero-order valence-corrected chi connectivity index (χ0v) is 10.5. The van der Waals surface area contributed by atoms with Crippen molar-refractivity contribution in [3.63, 3.8) is 0 Å². The monoisotopic (exact) mass is 214 g/mol. The maximum Gasteiger partial charge on any atom is 0.0599 e. The Labute approximate surface area is 94.2 Å². The molecule has 0 saturated carbocycles. The third-order valence-corrected chi connectivity index (χ3v) is 3.02. The molecule has 0 spiro atoms. The van der Waals surface area contributed by atoms with Gasteiger partial charge in [0.1, 0.15) is 0 Å². The molecule has 0 aromatic carbocycles. The molecule has 0 aromatic heterocycles. The topological polar surface area (TPSA) is 24.5 Å². The molecule has 3 heteroatoms. The van der Waals surface area contributed by atoms with Crippen LogP contribution in [-0.2, 0) is 4.74 Å². The van der Waals surface area contributed by atoms with E-state index in [1.807, 2.05) is 0 Å². The standard InChI is InChI=1S/C12H26N2O/c1-4-13-9-11(2)10-15-12-5-7-14(3)8-6-12/h11-13H,4-10H2,1-3H3. The zero-order chi connectivity index (χ0) is 11.1. The molecule has 3 nitrogen and oxygen atoms in total. The fraction of sp³-hybridized carbons (Fsp3) is 1.00. The van der Waals surface area contributed by atoms with E-state index in [4.69, 9.17) is 4.74 Å². The van der Waals surface area contributed by atoms with Crippen LogP contribution in [0.4, 0.5) is 0 Å². The van der Waals surface area contributed by atoms with Crippen LogP contribution in [0.3, 0.4) is 0 Å². The summed E-state index contributed by atoms with van der Waals surface area (Å²) in [5.41, 5.74) is 0. The highest BCUT2D eigenvalue weighted by atomic mass is 16.5. The van der Waals surface area contributed by atoms with Gasteiger partial charge in [-0.2, -0.15) is 0 Å². The summed E-state index contributed by atoms with van der Waals surface area (Å²) in [6.07, 6.45) is 2.90. The molecule has 90 valence electrons. The molecule has 1 unspecified atom stereocenters. The summed E-state index contributed by atoms with van der Waals surface area (Å²) in [5, 5.41) is 3.35. The SMILES string of the molecule is CCNCC(C)COC1CCN(C)CC1. The maximum atomic E-state index is 5.92. The Morgan fingerprint density at radius 3 is 2.67 bits per heavy atom. The Balaban J connectivity index is 2.04. The van der Waals surface area contributed by atoms with Gasteiger partial charge < -0.3 is 15.0 Å². The maximum absolute atomic E-state index is 5.92. The molecule has 1 atom stereocenters. The lowest BCUT2D eigenvalue weighted by Gasteiger charge is -2.29. The molecule has 0 amide bonds. The van der Waals surface area contributed by atoms with E-state index in [9.17, 15) is 0 Å². The van der Waals surface area contributed by atoms with Crippen LogP contribution in [0.25, 0.3) is 0 Å². The van der Waals surface area contributed by atoms with E-state index in [1.54, 1.807) is 0 Å². The molecule has 15 heavy (non-hydrogen) atoms. The minimum Gasteiger partial charge on any atom is -0.378 e. The van der Waals surface area contributed by atoms with Gasteiger partial charge >= 0.3 is 0 Å². The fourth-order valence-corrected chi connectivity index (χ4v) is 1.90. The Hall–Kier alpha value is -0.120. The largest absolute Gasteiger partial charge is 0.378 e. The van der Waals surface area contributed by atoms with Crippen molar-refractivity contribution in [2.45, 2.75) is 32.8 Å². The van der Waals surface area contributed by atoms with E-state index in [1.165, 1.54) is 25.9 Å². The van der Waals surface area contributed by atoms with Crippen molar-refractivity contribution >= 4 is 0 Å². The predicted molar refractivity (Wildman–Crippen MR) is 64.2 cm³/mol. The van der Waals surface area contributed by atoms with Gasteiger partial charge in [0.25, 0.3) is 0 Å². The lowest BCUT2D eigenvalue weighted by Crippen LogP contribution is -2.35. The Morgan fingerprint density at radius 1 is 1.40 bits per heavy atom. The molecule has 1 N–H and O–H groups in total. The van der Waals surface area contributed by atoms with Crippen molar-refractivity contribution < 1.29 is 4.74 Å². The number of nitrogens with zero attached hydrogens (tertiary/aromatic N) is 1. The normalized spacial score (nSPS) is 21.8. The highest BCUT2D eigenvalue weighted by Crippen LogP contribution is 2.13. The van der Waals surface area contributed by atoms with Crippen molar-refractivity contribution in [2.75, 3.05) is 39.8 Å². The molecule has 0 aliphatic carbocycles. The van der Waals surface area contributed by atoms with E-state index in [0.29, 0.717) is 12.0 Å². The minimum absolute atomic E-state index is 0.505. The third kappa shape index (κ3) is 5.50. The van der Waals surface area contributed by atoms with Crippen molar-refractivity contribution in [2.24, 2.45) is 5.92 Å². The van der Waals surface area contributed by atoms with Crippen LogP contribution in [0.15, 0.2) is 0 Å². The summed E-state index contributed by atoms with van der Waals surface area (Å²) in [4.78, 5) is 2.38. The van der Waals surface area contributed by atoms with Crippen LogP contribution in [-0.4, -0.2) is 50.8 Å². The van der Waals surface area contributed by atoms with Crippen LogP contribution in [0, 0.1) is 5.92 Å². The second kappa shape index (κ2) is 7.20. The highest BCUT2D eigenvalue weighted by Gasteiger charge is 2.17. The van der Waals surface area contributed by atoms with Crippen LogP contribution < -0.4 is 5.32 Å². The van der Waals surface area contributed by atoms with Gasteiger partial charge in [0.15, 0.2) is 0 Å². The van der Waals surface area contributed by atoms with Gasteiger partial charge in [-0.1, -0.05) is 13.8 Å². The van der Waals surface area contributed by atoms with Crippen LogP contribution >= 0.6 is 0 Å². The van der Waals surface area contributed by atoms with Gasteiger partial charge in [-0.05, 0) is 38.9 Å². The van der Waals surface area contributed by atoms with Crippen molar-refractivity contribution in [3.8, 4) is 0 Å². The Morgan fingerprint density at radius 2 is 2.07 bits per heavy atom. The van der Waals surface area contributed by atoms with Crippen LogP contribution in [0.5, 0.6) is 0 Å². The summed E-state index contributed by atoms with van der Waals surface area (Å²) in [6, 6.07) is 0. The van der Waals surface area contributed by atoms with E-state index >= 15 is 0 Å².